The fourth-order valence-corrected chi connectivity index (χ4v) is 7.87. The van der Waals surface area contributed by atoms with Gasteiger partial charge in [-0.25, -0.2) is 0 Å². The first-order chi connectivity index (χ1) is 18.4. The lowest BCUT2D eigenvalue weighted by molar-refractivity contribution is -0.211. The maximum absolute atomic E-state index is 13.9. The van der Waals surface area contributed by atoms with E-state index in [0.717, 1.165) is 61.6 Å². The molecule has 0 saturated heterocycles. The van der Waals surface area contributed by atoms with Gasteiger partial charge >= 0.3 is 0 Å². The van der Waals surface area contributed by atoms with E-state index in [1.807, 2.05) is 33.8 Å². The van der Waals surface area contributed by atoms with Gasteiger partial charge in [0, 0.05) is 41.2 Å². The van der Waals surface area contributed by atoms with Gasteiger partial charge < -0.3 is 24.3 Å². The Morgan fingerprint density at radius 3 is 2.26 bits per heavy atom. The van der Waals surface area contributed by atoms with Crippen molar-refractivity contribution in [2.24, 2.45) is 5.41 Å². The number of carbonyl (C=O) groups is 2. The van der Waals surface area contributed by atoms with Crippen LogP contribution in [-0.2, 0) is 13.0 Å². The molecule has 3 fully saturated rings. The van der Waals surface area contributed by atoms with Crippen molar-refractivity contribution >= 4 is 12.2 Å². The number of H-pyrrole nitrogens is 1. The van der Waals surface area contributed by atoms with Gasteiger partial charge in [0.2, 0.25) is 0 Å². The van der Waals surface area contributed by atoms with E-state index < -0.39 is 5.79 Å². The molecule has 39 heavy (non-hydrogen) atoms. The average Bonchev–Trinajstić information content (AvgIpc) is 3.28. The first kappa shape index (κ1) is 26.1. The van der Waals surface area contributed by atoms with Gasteiger partial charge in [0.05, 0.1) is 17.7 Å². The molecule has 1 unspecified atom stereocenters. The van der Waals surface area contributed by atoms with Crippen LogP contribution in [0.5, 0.6) is 11.5 Å². The van der Waals surface area contributed by atoms with E-state index in [-0.39, 0.29) is 29.0 Å². The number of fused-ring (bicyclic) bond motifs is 5. The minimum atomic E-state index is -0.893. The number of aromatic amines is 1. The highest BCUT2D eigenvalue weighted by Crippen LogP contribution is 2.63. The van der Waals surface area contributed by atoms with Crippen LogP contribution in [0.4, 0.5) is 0 Å². The molecule has 2 aromatic rings. The second-order valence-corrected chi connectivity index (χ2v) is 12.6. The van der Waals surface area contributed by atoms with Crippen LogP contribution in [0.3, 0.4) is 0 Å². The molecular formula is C31H39N3O5. The summed E-state index contributed by atoms with van der Waals surface area (Å²) >= 11 is 0. The molecule has 208 valence electrons. The second kappa shape index (κ2) is 8.68. The SMILES string of the molecule is Cc1cc(C)c(CN2CCc3c(C=O)c4c(c(C)c3C2=O)OC(C)(C23CCC(N(C)C)(CC2)CC3)O4)c(=O)[nH]1. The summed E-state index contributed by atoms with van der Waals surface area (Å²) < 4.78 is 13.4. The molecule has 1 aromatic carbocycles. The lowest BCUT2D eigenvalue weighted by Gasteiger charge is -2.59. The summed E-state index contributed by atoms with van der Waals surface area (Å²) in [6.45, 7) is 8.30. The summed E-state index contributed by atoms with van der Waals surface area (Å²) in [7, 11) is 4.36. The van der Waals surface area contributed by atoms with Crippen LogP contribution in [0.15, 0.2) is 10.9 Å². The van der Waals surface area contributed by atoms with E-state index in [1.165, 1.54) is 0 Å². The molecule has 8 heteroatoms. The van der Waals surface area contributed by atoms with E-state index in [9.17, 15) is 14.4 Å². The topological polar surface area (TPSA) is 91.9 Å². The van der Waals surface area contributed by atoms with Gasteiger partial charge in [0.15, 0.2) is 17.8 Å². The number of aryl methyl sites for hydroxylation is 2. The zero-order valence-corrected chi connectivity index (χ0v) is 24.0. The highest BCUT2D eigenvalue weighted by Gasteiger charge is 2.62. The number of aromatic nitrogens is 1. The normalized spacial score (nSPS) is 29.2. The Morgan fingerprint density at radius 1 is 1.03 bits per heavy atom. The predicted octanol–water partition coefficient (Wildman–Crippen LogP) is 4.45. The summed E-state index contributed by atoms with van der Waals surface area (Å²) in [5, 5.41) is 0. The number of hydrogen-bond donors (Lipinski definition) is 1. The van der Waals surface area contributed by atoms with E-state index in [1.54, 1.807) is 4.90 Å². The van der Waals surface area contributed by atoms with Gasteiger partial charge in [-0.3, -0.25) is 14.4 Å². The van der Waals surface area contributed by atoms with Crippen LogP contribution in [0.2, 0.25) is 0 Å². The molecule has 2 bridgehead atoms. The van der Waals surface area contributed by atoms with Crippen LogP contribution in [0.25, 0.3) is 0 Å². The van der Waals surface area contributed by atoms with E-state index >= 15 is 0 Å². The number of nitrogens with zero attached hydrogens (tertiary/aromatic N) is 2. The van der Waals surface area contributed by atoms with Crippen LogP contribution in [0.1, 0.15) is 94.1 Å². The lowest BCUT2D eigenvalue weighted by Crippen LogP contribution is -2.62. The maximum Gasteiger partial charge on any atom is 0.254 e. The molecule has 3 saturated carbocycles. The van der Waals surface area contributed by atoms with Gasteiger partial charge in [0.1, 0.15) is 0 Å². The highest BCUT2D eigenvalue weighted by atomic mass is 16.7. The third-order valence-electron chi connectivity index (χ3n) is 10.6. The second-order valence-electron chi connectivity index (χ2n) is 12.6. The number of benzene rings is 1. The van der Waals surface area contributed by atoms with Gasteiger partial charge in [-0.1, -0.05) is 0 Å². The molecule has 2 aliphatic heterocycles. The number of nitrogens with one attached hydrogen (secondary N) is 1. The summed E-state index contributed by atoms with van der Waals surface area (Å²) in [6.07, 6.45) is 7.63. The molecule has 3 aliphatic carbocycles. The van der Waals surface area contributed by atoms with E-state index in [2.05, 4.69) is 24.0 Å². The molecule has 5 aliphatic rings. The standard InChI is InChI=1S/C31H39N3O5/c1-18-15-19(2)32-27(36)22(18)16-34-14-7-21-23(17-35)26-25(20(3)24(21)28(34)37)38-29(4,39-26)30-8-11-31(12-9-30,13-10-30)33(5)6/h15,17H,7-14,16H2,1-6H3,(H,32,36). The quantitative estimate of drug-likeness (QED) is 0.571. The van der Waals surface area contributed by atoms with Crippen LogP contribution < -0.4 is 15.0 Å². The van der Waals surface area contributed by atoms with Crippen molar-refractivity contribution in [2.45, 2.75) is 90.5 Å². The lowest BCUT2D eigenvalue weighted by atomic mass is 9.54. The Bertz CT molecular complexity index is 1430. The maximum atomic E-state index is 13.9. The van der Waals surface area contributed by atoms with Crippen molar-refractivity contribution in [3.8, 4) is 11.5 Å². The third-order valence-corrected chi connectivity index (χ3v) is 10.6. The molecule has 1 atom stereocenters. The monoisotopic (exact) mass is 533 g/mol. The van der Waals surface area contributed by atoms with Crippen molar-refractivity contribution < 1.29 is 19.1 Å². The van der Waals surface area contributed by atoms with Crippen molar-refractivity contribution in [3.63, 3.8) is 0 Å². The van der Waals surface area contributed by atoms with Gasteiger partial charge in [-0.05, 0) is 97.0 Å². The van der Waals surface area contributed by atoms with Gasteiger partial charge in [-0.2, -0.15) is 0 Å². The molecule has 0 spiro atoms. The van der Waals surface area contributed by atoms with Crippen LogP contribution in [0, 0.1) is 26.2 Å². The van der Waals surface area contributed by atoms with Crippen LogP contribution in [-0.4, -0.2) is 58.9 Å². The fraction of sp³-hybridized carbons (Fsp3) is 0.581. The first-order valence-corrected chi connectivity index (χ1v) is 14.1. The smallest absolute Gasteiger partial charge is 0.254 e. The third kappa shape index (κ3) is 3.63. The largest absolute Gasteiger partial charge is 0.448 e. The number of hydrogen-bond acceptors (Lipinski definition) is 6. The number of ether oxygens (including phenoxy) is 2. The molecule has 3 heterocycles. The Kier molecular flexibility index (Phi) is 5.81. The average molecular weight is 534 g/mol. The Morgan fingerprint density at radius 2 is 1.67 bits per heavy atom. The minimum absolute atomic E-state index is 0.142. The van der Waals surface area contributed by atoms with Crippen LogP contribution >= 0.6 is 0 Å². The summed E-state index contributed by atoms with van der Waals surface area (Å²) in [5.74, 6) is -0.0709. The molecule has 8 nitrogen and oxygen atoms in total. The summed E-state index contributed by atoms with van der Waals surface area (Å²) in [5.41, 5.74) is 4.55. The number of amides is 1. The Balaban J connectivity index is 1.35. The molecular weight excluding hydrogens is 494 g/mol. The number of rotatable bonds is 5. The molecule has 1 N–H and O–H groups in total. The fourth-order valence-electron chi connectivity index (χ4n) is 7.87. The van der Waals surface area contributed by atoms with E-state index in [4.69, 9.17) is 9.47 Å². The molecule has 7 rings (SSSR count). The predicted molar refractivity (Wildman–Crippen MR) is 148 cm³/mol. The molecule has 1 amide bonds. The minimum Gasteiger partial charge on any atom is -0.448 e. The van der Waals surface area contributed by atoms with Crippen molar-refractivity contribution in [1.82, 2.24) is 14.8 Å². The first-order valence-electron chi connectivity index (χ1n) is 14.1. The van der Waals surface area contributed by atoms with Crippen molar-refractivity contribution in [1.29, 1.82) is 0 Å². The Labute approximate surface area is 229 Å². The zero-order valence-electron chi connectivity index (χ0n) is 24.0. The Hall–Kier alpha value is -3.13. The van der Waals surface area contributed by atoms with Crippen molar-refractivity contribution in [3.05, 3.63) is 55.5 Å². The summed E-state index contributed by atoms with van der Waals surface area (Å²) in [4.78, 5) is 46.0. The number of carbonyl (C=O) groups excluding carboxylic acids is 2. The number of pyridine rings is 1. The van der Waals surface area contributed by atoms with Gasteiger partial charge in [0.25, 0.3) is 17.3 Å². The van der Waals surface area contributed by atoms with Gasteiger partial charge in [-0.15, -0.1) is 0 Å². The molecule has 1 aromatic heterocycles. The highest BCUT2D eigenvalue weighted by molar-refractivity contribution is 6.03. The number of aldehydes is 1. The zero-order chi connectivity index (χ0) is 27.9. The van der Waals surface area contributed by atoms with E-state index in [0.29, 0.717) is 46.7 Å². The summed E-state index contributed by atoms with van der Waals surface area (Å²) in [6, 6.07) is 1.92. The van der Waals surface area contributed by atoms with Crippen molar-refractivity contribution in [2.75, 3.05) is 20.6 Å². The molecule has 0 radical (unpaired) electrons.